The Labute approximate surface area is 106 Å². The average Bonchev–Trinajstić information content (AvgIpc) is 2.74. The normalized spacial score (nSPS) is 18.9. The molecule has 0 atom stereocenters. The fourth-order valence-corrected chi connectivity index (χ4v) is 2.76. The van der Waals surface area contributed by atoms with Crippen molar-refractivity contribution in [2.75, 3.05) is 19.8 Å². The van der Waals surface area contributed by atoms with Crippen LogP contribution in [-0.4, -0.2) is 25.7 Å². The molecule has 1 aromatic rings. The maximum atomic E-state index is 11.9. The highest BCUT2D eigenvalue weighted by Gasteiger charge is 2.27. The first-order valence-electron chi connectivity index (χ1n) is 6.01. The van der Waals surface area contributed by atoms with Crippen LogP contribution in [0, 0.1) is 12.3 Å². The molecule has 0 spiro atoms. The summed E-state index contributed by atoms with van der Waals surface area (Å²) in [5.74, 6) is 0.0517. The van der Waals surface area contributed by atoms with E-state index >= 15 is 0 Å². The van der Waals surface area contributed by atoms with Gasteiger partial charge < -0.3 is 10.1 Å². The van der Waals surface area contributed by atoms with Gasteiger partial charge in [0.05, 0.1) is 4.88 Å². The van der Waals surface area contributed by atoms with Crippen molar-refractivity contribution in [2.24, 2.45) is 5.41 Å². The summed E-state index contributed by atoms with van der Waals surface area (Å²) >= 11 is 1.54. The summed E-state index contributed by atoms with van der Waals surface area (Å²) < 4.78 is 5.35. The molecule has 0 unspecified atom stereocenters. The first kappa shape index (κ1) is 12.6. The molecule has 2 rings (SSSR count). The van der Waals surface area contributed by atoms with E-state index < -0.39 is 0 Å². The van der Waals surface area contributed by atoms with Crippen LogP contribution in [0.4, 0.5) is 0 Å². The maximum Gasteiger partial charge on any atom is 0.261 e. The largest absolute Gasteiger partial charge is 0.381 e. The van der Waals surface area contributed by atoms with Gasteiger partial charge in [-0.05, 0) is 37.3 Å². The molecular weight excluding hydrogens is 234 g/mol. The third-order valence-electron chi connectivity index (χ3n) is 3.34. The summed E-state index contributed by atoms with van der Waals surface area (Å²) in [5, 5.41) is 3.04. The first-order chi connectivity index (χ1) is 8.09. The Balaban J connectivity index is 1.87. The standard InChI is InChI=1S/C13H19NO2S/c1-10-3-4-11(17-10)12(15)14-9-13(2)5-7-16-8-6-13/h3-4H,5-9H2,1-2H3,(H,14,15). The second-order valence-corrected chi connectivity index (χ2v) is 6.30. The molecule has 3 nitrogen and oxygen atoms in total. The second kappa shape index (κ2) is 5.19. The van der Waals surface area contributed by atoms with Gasteiger partial charge in [0.1, 0.15) is 0 Å². The zero-order valence-corrected chi connectivity index (χ0v) is 11.2. The summed E-state index contributed by atoms with van der Waals surface area (Å²) in [6.45, 7) is 6.60. The van der Waals surface area contributed by atoms with Crippen molar-refractivity contribution in [3.63, 3.8) is 0 Å². The molecule has 1 N–H and O–H groups in total. The molecule has 1 aliphatic heterocycles. The number of amides is 1. The molecule has 1 aliphatic rings. The third kappa shape index (κ3) is 3.30. The zero-order chi connectivity index (χ0) is 12.3. The minimum Gasteiger partial charge on any atom is -0.381 e. The molecule has 1 fully saturated rings. The number of thiophene rings is 1. The lowest BCUT2D eigenvalue weighted by atomic mass is 9.82. The van der Waals surface area contributed by atoms with Crippen LogP contribution in [0.2, 0.25) is 0 Å². The Hall–Kier alpha value is -0.870. The van der Waals surface area contributed by atoms with E-state index in [9.17, 15) is 4.79 Å². The van der Waals surface area contributed by atoms with Crippen molar-refractivity contribution >= 4 is 17.2 Å². The number of nitrogens with one attached hydrogen (secondary N) is 1. The molecule has 0 radical (unpaired) electrons. The number of carbonyl (C=O) groups is 1. The van der Waals surface area contributed by atoms with Crippen molar-refractivity contribution in [2.45, 2.75) is 26.7 Å². The fraction of sp³-hybridized carbons (Fsp3) is 0.615. The Morgan fingerprint density at radius 1 is 1.47 bits per heavy atom. The van der Waals surface area contributed by atoms with E-state index in [0.717, 1.165) is 37.5 Å². The van der Waals surface area contributed by atoms with E-state index in [-0.39, 0.29) is 11.3 Å². The zero-order valence-electron chi connectivity index (χ0n) is 10.4. The van der Waals surface area contributed by atoms with E-state index in [0.29, 0.717) is 0 Å². The van der Waals surface area contributed by atoms with Crippen LogP contribution in [-0.2, 0) is 4.74 Å². The highest BCUT2D eigenvalue weighted by Crippen LogP contribution is 2.28. The molecule has 0 bridgehead atoms. The first-order valence-corrected chi connectivity index (χ1v) is 6.83. The fourth-order valence-electron chi connectivity index (χ4n) is 1.98. The minimum atomic E-state index is 0.0517. The monoisotopic (exact) mass is 253 g/mol. The molecule has 4 heteroatoms. The molecule has 0 aromatic carbocycles. The van der Waals surface area contributed by atoms with Crippen LogP contribution >= 0.6 is 11.3 Å². The number of hydrogen-bond donors (Lipinski definition) is 1. The summed E-state index contributed by atoms with van der Waals surface area (Å²) in [4.78, 5) is 13.9. The Morgan fingerprint density at radius 3 is 2.76 bits per heavy atom. The summed E-state index contributed by atoms with van der Waals surface area (Å²) in [7, 11) is 0. The van der Waals surface area contributed by atoms with Gasteiger partial charge in [0.2, 0.25) is 0 Å². The van der Waals surface area contributed by atoms with Gasteiger partial charge in [-0.1, -0.05) is 6.92 Å². The van der Waals surface area contributed by atoms with Crippen LogP contribution in [0.3, 0.4) is 0 Å². The summed E-state index contributed by atoms with van der Waals surface area (Å²) in [5.41, 5.74) is 0.195. The highest BCUT2D eigenvalue weighted by atomic mass is 32.1. The van der Waals surface area contributed by atoms with Gasteiger partial charge in [-0.2, -0.15) is 0 Å². The van der Waals surface area contributed by atoms with E-state index in [4.69, 9.17) is 4.74 Å². The Kier molecular flexibility index (Phi) is 3.84. The predicted molar refractivity (Wildman–Crippen MR) is 69.5 cm³/mol. The molecule has 0 aliphatic carbocycles. The van der Waals surface area contributed by atoms with E-state index in [1.165, 1.54) is 4.88 Å². The van der Waals surface area contributed by atoms with Crippen LogP contribution in [0.1, 0.15) is 34.3 Å². The summed E-state index contributed by atoms with van der Waals surface area (Å²) in [6, 6.07) is 3.87. The van der Waals surface area contributed by atoms with Crippen molar-refractivity contribution in [3.8, 4) is 0 Å². The lowest BCUT2D eigenvalue weighted by Gasteiger charge is -2.33. The predicted octanol–water partition coefficient (Wildman–Crippen LogP) is 2.60. The smallest absolute Gasteiger partial charge is 0.261 e. The Morgan fingerprint density at radius 2 is 2.18 bits per heavy atom. The van der Waals surface area contributed by atoms with E-state index in [1.54, 1.807) is 11.3 Å². The molecule has 0 saturated carbocycles. The highest BCUT2D eigenvalue weighted by molar-refractivity contribution is 7.13. The van der Waals surface area contributed by atoms with E-state index in [1.807, 2.05) is 19.1 Å². The molecular formula is C13H19NO2S. The minimum absolute atomic E-state index is 0.0517. The quantitative estimate of drug-likeness (QED) is 0.899. The number of hydrogen-bond acceptors (Lipinski definition) is 3. The van der Waals surface area contributed by atoms with Crippen LogP contribution in [0.25, 0.3) is 0 Å². The van der Waals surface area contributed by atoms with Gasteiger partial charge in [-0.15, -0.1) is 11.3 Å². The molecule has 17 heavy (non-hydrogen) atoms. The molecule has 1 saturated heterocycles. The second-order valence-electron chi connectivity index (χ2n) is 5.02. The van der Waals surface area contributed by atoms with Crippen LogP contribution in [0.15, 0.2) is 12.1 Å². The number of rotatable bonds is 3. The SMILES string of the molecule is Cc1ccc(C(=O)NCC2(C)CCOCC2)s1. The van der Waals surface area contributed by atoms with Gasteiger partial charge >= 0.3 is 0 Å². The number of ether oxygens (including phenoxy) is 1. The van der Waals surface area contributed by atoms with Gasteiger partial charge in [0, 0.05) is 24.6 Å². The maximum absolute atomic E-state index is 11.9. The van der Waals surface area contributed by atoms with Crippen molar-refractivity contribution in [1.29, 1.82) is 0 Å². The van der Waals surface area contributed by atoms with Gasteiger partial charge in [-0.3, -0.25) is 4.79 Å². The van der Waals surface area contributed by atoms with Crippen molar-refractivity contribution in [3.05, 3.63) is 21.9 Å². The van der Waals surface area contributed by atoms with Gasteiger partial charge in [0.15, 0.2) is 0 Å². The molecule has 1 aromatic heterocycles. The Bertz CT molecular complexity index is 394. The summed E-state index contributed by atoms with van der Waals surface area (Å²) in [6.07, 6.45) is 2.05. The average molecular weight is 253 g/mol. The lowest BCUT2D eigenvalue weighted by Crippen LogP contribution is -2.39. The van der Waals surface area contributed by atoms with Gasteiger partial charge in [0.25, 0.3) is 5.91 Å². The van der Waals surface area contributed by atoms with E-state index in [2.05, 4.69) is 12.2 Å². The van der Waals surface area contributed by atoms with Crippen molar-refractivity contribution < 1.29 is 9.53 Å². The molecule has 1 amide bonds. The number of carbonyl (C=O) groups excluding carboxylic acids is 1. The van der Waals surface area contributed by atoms with Crippen molar-refractivity contribution in [1.82, 2.24) is 5.32 Å². The van der Waals surface area contributed by atoms with Crippen LogP contribution in [0.5, 0.6) is 0 Å². The topological polar surface area (TPSA) is 38.3 Å². The number of aryl methyl sites for hydroxylation is 1. The van der Waals surface area contributed by atoms with Gasteiger partial charge in [-0.25, -0.2) is 0 Å². The third-order valence-corrected chi connectivity index (χ3v) is 4.34. The van der Waals surface area contributed by atoms with Crippen LogP contribution < -0.4 is 5.32 Å². The lowest BCUT2D eigenvalue weighted by molar-refractivity contribution is 0.0239. The molecule has 94 valence electrons. The molecule has 2 heterocycles.